The molecule has 13 heavy (non-hydrogen) atoms. The maximum atomic E-state index is 5.30. The zero-order valence-electron chi connectivity index (χ0n) is 6.52. The van der Waals surface area contributed by atoms with Crippen molar-refractivity contribution in [2.45, 2.75) is 0 Å². The second kappa shape index (κ2) is 2.49. The molecule has 0 atom stereocenters. The maximum Gasteiger partial charge on any atom is 0.259 e. The van der Waals surface area contributed by atoms with E-state index in [1.54, 1.807) is 0 Å². The standard InChI is InChI=1S/C6H5N5OS/c1-2-12-6-5(7-1)8-3-4(9-6)11-13-10-3/h1-2H2,(H,7,8,10). The summed E-state index contributed by atoms with van der Waals surface area (Å²) in [4.78, 5) is 8.38. The first-order valence-electron chi connectivity index (χ1n) is 3.80. The van der Waals surface area contributed by atoms with Crippen LogP contribution >= 0.6 is 11.7 Å². The number of nitrogens with zero attached hydrogens (tertiary/aromatic N) is 4. The summed E-state index contributed by atoms with van der Waals surface area (Å²) < 4.78 is 13.3. The van der Waals surface area contributed by atoms with Crippen LogP contribution in [-0.4, -0.2) is 31.9 Å². The summed E-state index contributed by atoms with van der Waals surface area (Å²) in [5.74, 6) is 1.18. The van der Waals surface area contributed by atoms with Crippen LogP contribution in [0.1, 0.15) is 0 Å². The van der Waals surface area contributed by atoms with E-state index in [-0.39, 0.29) is 0 Å². The molecule has 7 heteroatoms. The molecule has 0 radical (unpaired) electrons. The van der Waals surface area contributed by atoms with E-state index in [1.165, 1.54) is 0 Å². The molecular formula is C6H5N5OS. The average molecular weight is 195 g/mol. The van der Waals surface area contributed by atoms with Gasteiger partial charge in [-0.2, -0.15) is 13.7 Å². The molecule has 0 aliphatic carbocycles. The molecule has 0 unspecified atom stereocenters. The zero-order valence-corrected chi connectivity index (χ0v) is 7.34. The summed E-state index contributed by atoms with van der Waals surface area (Å²) in [6, 6.07) is 0. The highest BCUT2D eigenvalue weighted by atomic mass is 32.1. The lowest BCUT2D eigenvalue weighted by molar-refractivity contribution is 0.309. The Labute approximate surface area is 77.3 Å². The predicted octanol–water partition coefficient (Wildman–Crippen LogP) is 0.286. The lowest BCUT2D eigenvalue weighted by Gasteiger charge is -2.15. The van der Waals surface area contributed by atoms with Crippen molar-refractivity contribution in [2.24, 2.45) is 0 Å². The fraction of sp³-hybridized carbons (Fsp3) is 0.333. The SMILES string of the molecule is C1COc2nc3nsnc3nc2N1. The van der Waals surface area contributed by atoms with Crippen LogP contribution in [0.4, 0.5) is 5.82 Å². The van der Waals surface area contributed by atoms with Crippen LogP contribution in [0.2, 0.25) is 0 Å². The van der Waals surface area contributed by atoms with Crippen molar-refractivity contribution in [1.82, 2.24) is 18.7 Å². The summed E-state index contributed by atoms with van der Waals surface area (Å²) >= 11 is 1.10. The van der Waals surface area contributed by atoms with Gasteiger partial charge in [0.2, 0.25) is 11.3 Å². The number of rotatable bonds is 0. The number of aromatic nitrogens is 4. The Hall–Kier alpha value is -1.50. The van der Waals surface area contributed by atoms with E-state index in [0.717, 1.165) is 18.3 Å². The van der Waals surface area contributed by atoms with E-state index in [9.17, 15) is 0 Å². The number of hydrogen-bond donors (Lipinski definition) is 1. The Morgan fingerprint density at radius 1 is 1.23 bits per heavy atom. The van der Waals surface area contributed by atoms with Gasteiger partial charge in [-0.05, 0) is 0 Å². The van der Waals surface area contributed by atoms with Gasteiger partial charge in [0.05, 0.1) is 18.3 Å². The molecule has 3 rings (SSSR count). The van der Waals surface area contributed by atoms with Crippen molar-refractivity contribution in [3.8, 4) is 5.88 Å². The minimum Gasteiger partial charge on any atom is -0.473 e. The summed E-state index contributed by atoms with van der Waals surface area (Å²) in [5, 5.41) is 3.08. The van der Waals surface area contributed by atoms with Crippen LogP contribution in [0.5, 0.6) is 5.88 Å². The molecule has 2 aromatic rings. The molecule has 0 amide bonds. The van der Waals surface area contributed by atoms with Gasteiger partial charge >= 0.3 is 0 Å². The van der Waals surface area contributed by atoms with Gasteiger partial charge in [-0.1, -0.05) is 0 Å². The normalized spacial score (nSPS) is 14.8. The fourth-order valence-electron chi connectivity index (χ4n) is 1.16. The molecule has 1 N–H and O–H groups in total. The third-order valence-electron chi connectivity index (χ3n) is 1.72. The van der Waals surface area contributed by atoms with E-state index in [2.05, 4.69) is 24.0 Å². The van der Waals surface area contributed by atoms with Gasteiger partial charge < -0.3 is 10.1 Å². The highest BCUT2D eigenvalue weighted by molar-refractivity contribution is 6.99. The lowest BCUT2D eigenvalue weighted by Crippen LogP contribution is -2.20. The van der Waals surface area contributed by atoms with Gasteiger partial charge in [0.25, 0.3) is 5.88 Å². The molecule has 0 saturated carbocycles. The van der Waals surface area contributed by atoms with Crippen LogP contribution in [0.25, 0.3) is 11.3 Å². The Kier molecular flexibility index (Phi) is 1.33. The highest BCUT2D eigenvalue weighted by Crippen LogP contribution is 2.24. The van der Waals surface area contributed by atoms with Gasteiger partial charge in [0.15, 0.2) is 5.82 Å². The van der Waals surface area contributed by atoms with E-state index >= 15 is 0 Å². The van der Waals surface area contributed by atoms with Crippen molar-refractivity contribution in [3.05, 3.63) is 0 Å². The Morgan fingerprint density at radius 3 is 3.00 bits per heavy atom. The summed E-state index contributed by atoms with van der Waals surface area (Å²) in [6.45, 7) is 1.37. The average Bonchev–Trinajstić information content (AvgIpc) is 2.61. The van der Waals surface area contributed by atoms with Gasteiger partial charge in [-0.25, -0.2) is 4.98 Å². The fourth-order valence-corrected chi connectivity index (χ4v) is 1.60. The number of anilines is 1. The number of hydrogen-bond acceptors (Lipinski definition) is 7. The van der Waals surface area contributed by atoms with E-state index in [4.69, 9.17) is 4.74 Å². The highest BCUT2D eigenvalue weighted by Gasteiger charge is 2.15. The first kappa shape index (κ1) is 6.96. The molecule has 1 aliphatic rings. The van der Waals surface area contributed by atoms with Crippen molar-refractivity contribution < 1.29 is 4.74 Å². The van der Waals surface area contributed by atoms with Gasteiger partial charge in [-0.3, -0.25) is 0 Å². The molecule has 0 bridgehead atoms. The van der Waals surface area contributed by atoms with E-state index in [1.807, 2.05) is 0 Å². The largest absolute Gasteiger partial charge is 0.473 e. The smallest absolute Gasteiger partial charge is 0.259 e. The van der Waals surface area contributed by atoms with E-state index < -0.39 is 0 Å². The van der Waals surface area contributed by atoms with Crippen molar-refractivity contribution in [1.29, 1.82) is 0 Å². The molecule has 2 aromatic heterocycles. The number of ether oxygens (including phenoxy) is 1. The molecule has 6 nitrogen and oxygen atoms in total. The monoisotopic (exact) mass is 195 g/mol. The second-order valence-corrected chi connectivity index (χ2v) is 3.09. The molecule has 0 fully saturated rings. The Balaban J connectivity index is 2.28. The number of fused-ring (bicyclic) bond motifs is 2. The lowest BCUT2D eigenvalue weighted by atomic mass is 10.5. The van der Waals surface area contributed by atoms with Gasteiger partial charge in [0, 0.05) is 0 Å². The molecule has 0 saturated heterocycles. The summed E-state index contributed by atoms with van der Waals surface area (Å²) in [6.07, 6.45) is 0. The summed E-state index contributed by atoms with van der Waals surface area (Å²) in [7, 11) is 0. The third-order valence-corrected chi connectivity index (χ3v) is 2.22. The minimum absolute atomic E-state index is 0.520. The molecule has 0 spiro atoms. The van der Waals surface area contributed by atoms with Gasteiger partial charge in [0.1, 0.15) is 6.61 Å². The van der Waals surface area contributed by atoms with Crippen LogP contribution in [-0.2, 0) is 0 Å². The van der Waals surface area contributed by atoms with Crippen LogP contribution in [0.3, 0.4) is 0 Å². The zero-order chi connectivity index (χ0) is 8.67. The van der Waals surface area contributed by atoms with Crippen LogP contribution < -0.4 is 10.1 Å². The van der Waals surface area contributed by atoms with Crippen molar-refractivity contribution in [2.75, 3.05) is 18.5 Å². The van der Waals surface area contributed by atoms with Crippen LogP contribution in [0, 0.1) is 0 Å². The van der Waals surface area contributed by atoms with Crippen molar-refractivity contribution in [3.63, 3.8) is 0 Å². The van der Waals surface area contributed by atoms with Crippen LogP contribution in [0.15, 0.2) is 0 Å². The Morgan fingerprint density at radius 2 is 2.08 bits per heavy atom. The van der Waals surface area contributed by atoms with Crippen molar-refractivity contribution >= 4 is 28.8 Å². The first-order chi connectivity index (χ1) is 6.43. The second-order valence-electron chi connectivity index (χ2n) is 2.56. The van der Waals surface area contributed by atoms with E-state index in [0.29, 0.717) is 29.6 Å². The minimum atomic E-state index is 0.520. The summed E-state index contributed by atoms with van der Waals surface area (Å²) in [5.41, 5.74) is 1.12. The maximum absolute atomic E-state index is 5.30. The predicted molar refractivity (Wildman–Crippen MR) is 47.0 cm³/mol. The molecule has 66 valence electrons. The molecule has 0 aromatic carbocycles. The molecule has 1 aliphatic heterocycles. The quantitative estimate of drug-likeness (QED) is 0.651. The first-order valence-corrected chi connectivity index (χ1v) is 4.53. The Bertz CT molecular complexity index is 415. The molecular weight excluding hydrogens is 190 g/mol. The van der Waals surface area contributed by atoms with Gasteiger partial charge in [-0.15, -0.1) is 0 Å². The third kappa shape index (κ3) is 1.00. The topological polar surface area (TPSA) is 72.8 Å². The molecule has 3 heterocycles. The number of nitrogens with one attached hydrogen (secondary N) is 1.